The monoisotopic (exact) mass is 192 g/mol. The van der Waals surface area contributed by atoms with E-state index >= 15 is 0 Å². The number of nitrogens with zero attached hydrogens (tertiary/aromatic N) is 2. The topological polar surface area (TPSA) is 34.9 Å². The molecule has 0 aromatic carbocycles. The van der Waals surface area contributed by atoms with Crippen LogP contribution >= 0.6 is 0 Å². The normalized spacial score (nSPS) is 21.9. The molecule has 1 aliphatic rings. The van der Waals surface area contributed by atoms with Crippen LogP contribution in [0.15, 0.2) is 6.07 Å². The number of carbonyl (C=O) groups is 1. The SMILES string of the molecule is Cc1cc(CC2CCCC2=O)n(C)n1. The van der Waals surface area contributed by atoms with Crippen LogP contribution in [0.4, 0.5) is 0 Å². The van der Waals surface area contributed by atoms with Gasteiger partial charge in [0.25, 0.3) is 0 Å². The molecule has 0 N–H and O–H groups in total. The lowest BCUT2D eigenvalue weighted by molar-refractivity contribution is -0.120. The lowest BCUT2D eigenvalue weighted by Crippen LogP contribution is -2.12. The Morgan fingerprint density at radius 1 is 1.64 bits per heavy atom. The van der Waals surface area contributed by atoms with Gasteiger partial charge in [0, 0.05) is 25.1 Å². The van der Waals surface area contributed by atoms with Crippen molar-refractivity contribution in [2.24, 2.45) is 13.0 Å². The van der Waals surface area contributed by atoms with E-state index in [2.05, 4.69) is 11.2 Å². The molecule has 1 aliphatic carbocycles. The predicted molar refractivity (Wildman–Crippen MR) is 54.0 cm³/mol. The molecule has 3 nitrogen and oxygen atoms in total. The van der Waals surface area contributed by atoms with Gasteiger partial charge in [-0.25, -0.2) is 0 Å². The summed E-state index contributed by atoms with van der Waals surface area (Å²) in [5, 5.41) is 4.28. The van der Waals surface area contributed by atoms with Crippen molar-refractivity contribution < 1.29 is 4.79 Å². The van der Waals surface area contributed by atoms with Gasteiger partial charge in [0.05, 0.1) is 5.69 Å². The van der Waals surface area contributed by atoms with Crippen molar-refractivity contribution in [3.05, 3.63) is 17.5 Å². The summed E-state index contributed by atoms with van der Waals surface area (Å²) in [4.78, 5) is 11.5. The van der Waals surface area contributed by atoms with E-state index in [1.165, 1.54) is 5.69 Å². The third-order valence-electron chi connectivity index (χ3n) is 2.99. The van der Waals surface area contributed by atoms with Crippen LogP contribution in [0.1, 0.15) is 30.7 Å². The molecule has 1 heterocycles. The van der Waals surface area contributed by atoms with Crippen molar-refractivity contribution >= 4 is 5.78 Å². The fourth-order valence-electron chi connectivity index (χ4n) is 2.21. The molecule has 2 rings (SSSR count). The summed E-state index contributed by atoms with van der Waals surface area (Å²) in [6.07, 6.45) is 3.78. The quantitative estimate of drug-likeness (QED) is 0.714. The summed E-state index contributed by atoms with van der Waals surface area (Å²) < 4.78 is 1.89. The first kappa shape index (κ1) is 9.44. The smallest absolute Gasteiger partial charge is 0.136 e. The maximum Gasteiger partial charge on any atom is 0.136 e. The van der Waals surface area contributed by atoms with Crippen LogP contribution in [0.25, 0.3) is 0 Å². The van der Waals surface area contributed by atoms with Crippen LogP contribution in [0.3, 0.4) is 0 Å². The number of aryl methyl sites for hydroxylation is 2. The van der Waals surface area contributed by atoms with Crippen LogP contribution in [-0.2, 0) is 18.3 Å². The van der Waals surface area contributed by atoms with Crippen LogP contribution < -0.4 is 0 Å². The Bertz CT molecular complexity index is 354. The fraction of sp³-hybridized carbons (Fsp3) is 0.636. The molecule has 1 unspecified atom stereocenters. The average molecular weight is 192 g/mol. The van der Waals surface area contributed by atoms with E-state index in [9.17, 15) is 4.79 Å². The summed E-state index contributed by atoms with van der Waals surface area (Å²) in [5.41, 5.74) is 2.22. The number of ketones is 1. The highest BCUT2D eigenvalue weighted by Gasteiger charge is 2.25. The summed E-state index contributed by atoms with van der Waals surface area (Å²) >= 11 is 0. The number of aromatic nitrogens is 2. The van der Waals surface area contributed by atoms with Gasteiger partial charge in [-0.05, 0) is 32.3 Å². The van der Waals surface area contributed by atoms with Crippen molar-refractivity contribution in [2.75, 3.05) is 0 Å². The van der Waals surface area contributed by atoms with E-state index in [0.29, 0.717) is 5.78 Å². The molecule has 1 fully saturated rings. The van der Waals surface area contributed by atoms with Gasteiger partial charge in [-0.3, -0.25) is 9.48 Å². The van der Waals surface area contributed by atoms with E-state index < -0.39 is 0 Å². The zero-order valence-electron chi connectivity index (χ0n) is 8.79. The second-order valence-corrected chi connectivity index (χ2v) is 4.16. The number of Topliss-reactive ketones (excluding diaryl/α,β-unsaturated/α-hetero) is 1. The molecule has 1 aromatic heterocycles. The van der Waals surface area contributed by atoms with E-state index in [0.717, 1.165) is 31.4 Å². The highest BCUT2D eigenvalue weighted by Crippen LogP contribution is 2.24. The summed E-state index contributed by atoms with van der Waals surface area (Å²) in [6, 6.07) is 2.08. The van der Waals surface area contributed by atoms with Gasteiger partial charge in [0.1, 0.15) is 5.78 Å². The van der Waals surface area contributed by atoms with Crippen LogP contribution in [0.2, 0.25) is 0 Å². The minimum absolute atomic E-state index is 0.254. The third kappa shape index (κ3) is 1.72. The largest absolute Gasteiger partial charge is 0.299 e. The summed E-state index contributed by atoms with van der Waals surface area (Å²) in [6.45, 7) is 1.99. The Kier molecular flexibility index (Phi) is 2.40. The number of carbonyl (C=O) groups excluding carboxylic acids is 1. The van der Waals surface area contributed by atoms with E-state index in [4.69, 9.17) is 0 Å². The van der Waals surface area contributed by atoms with E-state index in [-0.39, 0.29) is 5.92 Å². The molecule has 0 aliphatic heterocycles. The number of rotatable bonds is 2. The van der Waals surface area contributed by atoms with Crippen molar-refractivity contribution in [2.45, 2.75) is 32.6 Å². The van der Waals surface area contributed by atoms with Crippen molar-refractivity contribution in [1.29, 1.82) is 0 Å². The molecule has 0 saturated heterocycles. The Morgan fingerprint density at radius 2 is 2.43 bits per heavy atom. The van der Waals surface area contributed by atoms with Gasteiger partial charge in [0.2, 0.25) is 0 Å². The van der Waals surface area contributed by atoms with Crippen LogP contribution in [0, 0.1) is 12.8 Å². The average Bonchev–Trinajstić information content (AvgIpc) is 2.62. The molecule has 0 radical (unpaired) electrons. The zero-order chi connectivity index (χ0) is 10.1. The van der Waals surface area contributed by atoms with Crippen molar-refractivity contribution in [1.82, 2.24) is 9.78 Å². The molecule has 0 amide bonds. The van der Waals surface area contributed by atoms with Gasteiger partial charge in [0.15, 0.2) is 0 Å². The minimum atomic E-state index is 0.254. The molecule has 0 bridgehead atoms. The van der Waals surface area contributed by atoms with Gasteiger partial charge < -0.3 is 0 Å². The Balaban J connectivity index is 2.10. The first-order valence-electron chi connectivity index (χ1n) is 5.19. The lowest BCUT2D eigenvalue weighted by atomic mass is 10.0. The Morgan fingerprint density at radius 3 is 2.93 bits per heavy atom. The number of hydrogen-bond donors (Lipinski definition) is 0. The molecule has 0 spiro atoms. The zero-order valence-corrected chi connectivity index (χ0v) is 8.79. The maximum atomic E-state index is 11.5. The fourth-order valence-corrected chi connectivity index (χ4v) is 2.21. The molecule has 76 valence electrons. The molecule has 1 aromatic rings. The van der Waals surface area contributed by atoms with E-state index in [1.54, 1.807) is 0 Å². The van der Waals surface area contributed by atoms with Crippen LogP contribution in [-0.4, -0.2) is 15.6 Å². The lowest BCUT2D eigenvalue weighted by Gasteiger charge is -2.07. The minimum Gasteiger partial charge on any atom is -0.299 e. The van der Waals surface area contributed by atoms with Gasteiger partial charge in [-0.1, -0.05) is 0 Å². The van der Waals surface area contributed by atoms with Gasteiger partial charge >= 0.3 is 0 Å². The molecule has 1 atom stereocenters. The number of hydrogen-bond acceptors (Lipinski definition) is 2. The van der Waals surface area contributed by atoms with Gasteiger partial charge in [-0.15, -0.1) is 0 Å². The predicted octanol–water partition coefficient (Wildman–Crippen LogP) is 1.64. The third-order valence-corrected chi connectivity index (χ3v) is 2.99. The van der Waals surface area contributed by atoms with Gasteiger partial charge in [-0.2, -0.15) is 5.10 Å². The molecular formula is C11H16N2O. The Labute approximate surface area is 84.1 Å². The highest BCUT2D eigenvalue weighted by molar-refractivity contribution is 5.83. The molecule has 14 heavy (non-hydrogen) atoms. The molecule has 1 saturated carbocycles. The summed E-state index contributed by atoms with van der Waals surface area (Å²) in [7, 11) is 1.95. The van der Waals surface area contributed by atoms with Crippen molar-refractivity contribution in [3.63, 3.8) is 0 Å². The highest BCUT2D eigenvalue weighted by atomic mass is 16.1. The standard InChI is InChI=1S/C11H16N2O/c1-8-6-10(13(2)12-8)7-9-4-3-5-11(9)14/h6,9H,3-5,7H2,1-2H3. The molecule has 3 heteroatoms. The first-order chi connectivity index (χ1) is 6.66. The summed E-state index contributed by atoms with van der Waals surface area (Å²) in [5.74, 6) is 0.689. The second kappa shape index (κ2) is 3.56. The van der Waals surface area contributed by atoms with E-state index in [1.807, 2.05) is 18.7 Å². The first-order valence-corrected chi connectivity index (χ1v) is 5.19. The maximum absolute atomic E-state index is 11.5. The Hall–Kier alpha value is -1.12. The molecular weight excluding hydrogens is 176 g/mol. The second-order valence-electron chi connectivity index (χ2n) is 4.16. The van der Waals surface area contributed by atoms with Crippen molar-refractivity contribution in [3.8, 4) is 0 Å². The van der Waals surface area contributed by atoms with Crippen LogP contribution in [0.5, 0.6) is 0 Å².